The van der Waals surface area contributed by atoms with Crippen molar-refractivity contribution in [3.05, 3.63) is 40.6 Å². The van der Waals surface area contributed by atoms with Gasteiger partial charge in [-0.25, -0.2) is 4.98 Å². The van der Waals surface area contributed by atoms with Crippen LogP contribution in [-0.2, 0) is 0 Å². The Balaban J connectivity index is 2.00. The molecule has 0 radical (unpaired) electrons. The third-order valence-corrected chi connectivity index (χ3v) is 4.14. The zero-order valence-electron chi connectivity index (χ0n) is 11.6. The molecule has 0 bridgehead atoms. The first-order valence-corrected chi connectivity index (χ1v) is 7.08. The van der Waals surface area contributed by atoms with Crippen molar-refractivity contribution in [1.82, 2.24) is 4.98 Å². The zero-order valence-corrected chi connectivity index (χ0v) is 11.6. The van der Waals surface area contributed by atoms with E-state index >= 15 is 0 Å². The van der Waals surface area contributed by atoms with Gasteiger partial charge in [0.2, 0.25) is 0 Å². The number of anilines is 1. The van der Waals surface area contributed by atoms with Crippen molar-refractivity contribution in [2.45, 2.75) is 12.8 Å². The average Bonchev–Trinajstić information content (AvgIpc) is 2.53. The molecule has 1 saturated heterocycles. The van der Waals surface area contributed by atoms with E-state index in [1.807, 2.05) is 12.1 Å². The van der Waals surface area contributed by atoms with Gasteiger partial charge in [-0.1, -0.05) is 12.1 Å². The first-order chi connectivity index (χ1) is 10.2. The number of pyridine rings is 1. The molecule has 0 aliphatic carbocycles. The van der Waals surface area contributed by atoms with Gasteiger partial charge in [-0.15, -0.1) is 0 Å². The molecule has 2 aromatic rings. The van der Waals surface area contributed by atoms with Crippen LogP contribution in [0.25, 0.3) is 10.9 Å². The number of hydrogen-bond acceptors (Lipinski definition) is 5. The van der Waals surface area contributed by atoms with E-state index in [9.17, 15) is 15.2 Å². The molecule has 21 heavy (non-hydrogen) atoms. The predicted molar refractivity (Wildman–Crippen MR) is 80.4 cm³/mol. The maximum atomic E-state index is 11.1. The lowest BCUT2D eigenvalue weighted by Crippen LogP contribution is -2.34. The molecule has 1 N–H and O–H groups in total. The SMILES string of the molecule is O=[N+]([O-])c1cccc2c(N3CCC(CO)CC3)ccnc12. The smallest absolute Gasteiger partial charge is 0.295 e. The number of nitrogens with zero attached hydrogens (tertiary/aromatic N) is 3. The van der Waals surface area contributed by atoms with Gasteiger partial charge in [0.25, 0.3) is 5.69 Å². The van der Waals surface area contributed by atoms with E-state index in [0.717, 1.165) is 37.0 Å². The van der Waals surface area contributed by atoms with Crippen molar-refractivity contribution >= 4 is 22.3 Å². The molecule has 6 heteroatoms. The molecule has 0 atom stereocenters. The number of fused-ring (bicyclic) bond motifs is 1. The topological polar surface area (TPSA) is 79.5 Å². The molecule has 3 rings (SSSR count). The fraction of sp³-hybridized carbons (Fsp3) is 0.400. The minimum absolute atomic E-state index is 0.0413. The quantitative estimate of drug-likeness (QED) is 0.692. The molecular formula is C15H17N3O3. The monoisotopic (exact) mass is 287 g/mol. The van der Waals surface area contributed by atoms with Crippen molar-refractivity contribution in [2.24, 2.45) is 5.92 Å². The Morgan fingerprint density at radius 1 is 1.33 bits per heavy atom. The number of aromatic nitrogens is 1. The molecule has 1 aliphatic heterocycles. The standard InChI is InChI=1S/C15H17N3O3/c19-10-11-5-8-17(9-6-11)13-4-7-16-15-12(13)2-1-3-14(15)18(20)21/h1-4,7,11,19H,5-6,8-10H2. The summed E-state index contributed by atoms with van der Waals surface area (Å²) in [6, 6.07) is 6.97. The van der Waals surface area contributed by atoms with Crippen molar-refractivity contribution < 1.29 is 10.0 Å². The number of aliphatic hydroxyl groups excluding tert-OH is 1. The molecule has 0 saturated carbocycles. The number of rotatable bonds is 3. The largest absolute Gasteiger partial charge is 0.396 e. The Kier molecular flexibility index (Phi) is 3.70. The maximum absolute atomic E-state index is 11.1. The van der Waals surface area contributed by atoms with E-state index in [4.69, 9.17) is 0 Å². The first-order valence-electron chi connectivity index (χ1n) is 7.08. The zero-order chi connectivity index (χ0) is 14.8. The second kappa shape index (κ2) is 5.65. The summed E-state index contributed by atoms with van der Waals surface area (Å²) in [7, 11) is 0. The van der Waals surface area contributed by atoms with Gasteiger partial charge in [-0.3, -0.25) is 10.1 Å². The summed E-state index contributed by atoms with van der Waals surface area (Å²) in [5.41, 5.74) is 1.46. The molecule has 1 aromatic carbocycles. The van der Waals surface area contributed by atoms with Crippen molar-refractivity contribution in [3.8, 4) is 0 Å². The Morgan fingerprint density at radius 3 is 2.76 bits per heavy atom. The molecule has 0 spiro atoms. The van der Waals surface area contributed by atoms with Gasteiger partial charge in [0.05, 0.1) is 4.92 Å². The van der Waals surface area contributed by atoms with E-state index in [1.54, 1.807) is 12.3 Å². The van der Waals surface area contributed by atoms with Gasteiger partial charge >= 0.3 is 0 Å². The van der Waals surface area contributed by atoms with Crippen molar-refractivity contribution in [3.63, 3.8) is 0 Å². The van der Waals surface area contributed by atoms with E-state index in [0.29, 0.717) is 11.4 Å². The highest BCUT2D eigenvalue weighted by Gasteiger charge is 2.22. The number of nitro groups is 1. The van der Waals surface area contributed by atoms with Crippen LogP contribution in [0.15, 0.2) is 30.5 Å². The lowest BCUT2D eigenvalue weighted by atomic mass is 9.97. The fourth-order valence-electron chi connectivity index (χ4n) is 2.93. The molecule has 1 aliphatic rings. The average molecular weight is 287 g/mol. The van der Waals surface area contributed by atoms with E-state index in [2.05, 4.69) is 9.88 Å². The predicted octanol–water partition coefficient (Wildman–Crippen LogP) is 2.35. The van der Waals surface area contributed by atoms with E-state index in [-0.39, 0.29) is 12.3 Å². The molecule has 1 fully saturated rings. The van der Waals surface area contributed by atoms with Gasteiger partial charge in [0.15, 0.2) is 0 Å². The van der Waals surface area contributed by atoms with Crippen LogP contribution in [0.2, 0.25) is 0 Å². The van der Waals surface area contributed by atoms with Crippen LogP contribution in [0.3, 0.4) is 0 Å². The molecule has 0 amide bonds. The fourth-order valence-corrected chi connectivity index (χ4v) is 2.93. The number of hydrogen-bond donors (Lipinski definition) is 1. The number of aliphatic hydroxyl groups is 1. The Labute approximate surface area is 122 Å². The molecular weight excluding hydrogens is 270 g/mol. The Bertz CT molecular complexity index is 666. The summed E-state index contributed by atoms with van der Waals surface area (Å²) in [4.78, 5) is 17.1. The van der Waals surface area contributed by atoms with Crippen molar-refractivity contribution in [2.75, 3.05) is 24.6 Å². The summed E-state index contributed by atoms with van der Waals surface area (Å²) in [6.07, 6.45) is 3.51. The summed E-state index contributed by atoms with van der Waals surface area (Å²) in [5, 5.41) is 21.1. The van der Waals surface area contributed by atoms with Gasteiger partial charge < -0.3 is 10.0 Å². The Morgan fingerprint density at radius 2 is 2.10 bits per heavy atom. The van der Waals surface area contributed by atoms with Crippen LogP contribution in [0.5, 0.6) is 0 Å². The minimum Gasteiger partial charge on any atom is -0.396 e. The molecule has 6 nitrogen and oxygen atoms in total. The highest BCUT2D eigenvalue weighted by Crippen LogP contribution is 2.32. The summed E-state index contributed by atoms with van der Waals surface area (Å²) < 4.78 is 0. The van der Waals surface area contributed by atoms with Crippen LogP contribution in [0.4, 0.5) is 11.4 Å². The summed E-state index contributed by atoms with van der Waals surface area (Å²) in [5.74, 6) is 0.365. The van der Waals surface area contributed by atoms with Crippen LogP contribution < -0.4 is 4.90 Å². The highest BCUT2D eigenvalue weighted by atomic mass is 16.6. The second-order valence-electron chi connectivity index (χ2n) is 5.37. The third-order valence-electron chi connectivity index (χ3n) is 4.14. The van der Waals surface area contributed by atoms with Crippen LogP contribution in [0.1, 0.15) is 12.8 Å². The molecule has 0 unspecified atom stereocenters. The third kappa shape index (κ3) is 2.54. The lowest BCUT2D eigenvalue weighted by molar-refractivity contribution is -0.383. The van der Waals surface area contributed by atoms with Gasteiger partial charge in [0.1, 0.15) is 5.52 Å². The highest BCUT2D eigenvalue weighted by molar-refractivity contribution is 5.96. The van der Waals surface area contributed by atoms with Crippen molar-refractivity contribution in [1.29, 1.82) is 0 Å². The molecule has 1 aromatic heterocycles. The van der Waals surface area contributed by atoms with Crippen LogP contribution in [0, 0.1) is 16.0 Å². The number of para-hydroxylation sites is 1. The number of piperidine rings is 1. The van der Waals surface area contributed by atoms with E-state index in [1.165, 1.54) is 6.07 Å². The number of non-ortho nitro benzene ring substituents is 1. The summed E-state index contributed by atoms with van der Waals surface area (Å²) in [6.45, 7) is 1.94. The lowest BCUT2D eigenvalue weighted by Gasteiger charge is -2.33. The summed E-state index contributed by atoms with van der Waals surface area (Å²) >= 11 is 0. The normalized spacial score (nSPS) is 16.3. The second-order valence-corrected chi connectivity index (χ2v) is 5.37. The number of benzene rings is 1. The Hall–Kier alpha value is -2.21. The van der Waals surface area contributed by atoms with Gasteiger partial charge in [-0.05, 0) is 24.8 Å². The van der Waals surface area contributed by atoms with E-state index < -0.39 is 4.92 Å². The minimum atomic E-state index is -0.392. The number of nitro benzene ring substituents is 1. The van der Waals surface area contributed by atoms with Crippen LogP contribution in [-0.4, -0.2) is 34.7 Å². The van der Waals surface area contributed by atoms with Gasteiger partial charge in [-0.2, -0.15) is 0 Å². The molecule has 2 heterocycles. The first kappa shape index (κ1) is 13.8. The maximum Gasteiger partial charge on any atom is 0.295 e. The van der Waals surface area contributed by atoms with Gasteiger partial charge in [0, 0.05) is 43.0 Å². The molecule has 110 valence electrons. The van der Waals surface area contributed by atoms with Crippen LogP contribution >= 0.6 is 0 Å².